The number of carbonyl (C=O) groups is 1. The summed E-state index contributed by atoms with van der Waals surface area (Å²) in [6, 6.07) is 8.89. The zero-order valence-corrected chi connectivity index (χ0v) is 23.2. The van der Waals surface area contributed by atoms with Crippen molar-refractivity contribution in [2.45, 2.75) is 33.1 Å². The number of likely N-dealkylation sites (N-methyl/N-ethyl adjacent to an activating group) is 2. The van der Waals surface area contributed by atoms with Gasteiger partial charge in [0, 0.05) is 37.4 Å². The Morgan fingerprint density at radius 2 is 1.89 bits per heavy atom. The van der Waals surface area contributed by atoms with Gasteiger partial charge in [0.2, 0.25) is 5.88 Å². The smallest absolute Gasteiger partial charge is 0.255 e. The highest BCUT2D eigenvalue weighted by Gasteiger charge is 2.19. The number of unbranched alkanes of at least 4 members (excludes halogenated alkanes) is 1. The summed E-state index contributed by atoms with van der Waals surface area (Å²) in [5.41, 5.74) is 2.99. The summed E-state index contributed by atoms with van der Waals surface area (Å²) in [4.78, 5) is 29.8. The molecular weight excluding hydrogens is 506 g/mol. The lowest BCUT2D eigenvalue weighted by Crippen LogP contribution is -2.33. The Morgan fingerprint density at radius 1 is 1.11 bits per heavy atom. The first-order valence-electron chi connectivity index (χ1n) is 12.4. The van der Waals surface area contributed by atoms with Gasteiger partial charge in [-0.05, 0) is 64.2 Å². The van der Waals surface area contributed by atoms with Crippen LogP contribution in [0.5, 0.6) is 11.6 Å². The predicted molar refractivity (Wildman–Crippen MR) is 147 cm³/mol. The van der Waals surface area contributed by atoms with E-state index in [9.17, 15) is 4.79 Å². The molecular formula is C27H34ClN7O3. The van der Waals surface area contributed by atoms with E-state index < -0.39 is 0 Å². The van der Waals surface area contributed by atoms with Gasteiger partial charge in [0.05, 0.1) is 23.0 Å². The number of halogens is 1. The minimum absolute atomic E-state index is 0.179. The number of aryl methyl sites for hydroxylation is 2. The number of amides is 1. The van der Waals surface area contributed by atoms with E-state index in [1.807, 2.05) is 44.1 Å². The Morgan fingerprint density at radius 3 is 2.58 bits per heavy atom. The summed E-state index contributed by atoms with van der Waals surface area (Å²) in [6.07, 6.45) is 7.85. The van der Waals surface area contributed by atoms with Gasteiger partial charge in [-0.25, -0.2) is 15.0 Å². The van der Waals surface area contributed by atoms with Crippen molar-refractivity contribution in [1.29, 1.82) is 0 Å². The highest BCUT2D eigenvalue weighted by atomic mass is 35.5. The van der Waals surface area contributed by atoms with Crippen LogP contribution in [0.4, 0.5) is 0 Å². The molecule has 3 aromatic heterocycles. The quantitative estimate of drug-likeness (QED) is 0.300. The lowest BCUT2D eigenvalue weighted by atomic mass is 10.2. The van der Waals surface area contributed by atoms with Crippen molar-refractivity contribution in [1.82, 2.24) is 34.7 Å². The van der Waals surface area contributed by atoms with Crippen LogP contribution in [0, 0.1) is 6.92 Å². The summed E-state index contributed by atoms with van der Waals surface area (Å²) in [7, 11) is 5.66. The van der Waals surface area contributed by atoms with Crippen LogP contribution in [0.3, 0.4) is 0 Å². The molecule has 0 aliphatic rings. The lowest BCUT2D eigenvalue weighted by molar-refractivity contribution is 0.0786. The summed E-state index contributed by atoms with van der Waals surface area (Å²) in [5.74, 6) is 0.551. The molecule has 0 radical (unpaired) electrons. The second kappa shape index (κ2) is 13.7. The summed E-state index contributed by atoms with van der Waals surface area (Å²) in [6.45, 7) is 5.38. The highest BCUT2D eigenvalue weighted by molar-refractivity contribution is 6.35. The van der Waals surface area contributed by atoms with E-state index >= 15 is 0 Å². The molecule has 0 bridgehead atoms. The zero-order valence-electron chi connectivity index (χ0n) is 22.4. The van der Waals surface area contributed by atoms with Gasteiger partial charge in [0.25, 0.3) is 5.91 Å². The zero-order chi connectivity index (χ0) is 27.7. The van der Waals surface area contributed by atoms with Gasteiger partial charge in [-0.15, -0.1) is 9.94 Å². The fourth-order valence-corrected chi connectivity index (χ4v) is 3.73. The minimum Gasteiger partial charge on any atom is -0.437 e. The van der Waals surface area contributed by atoms with Crippen molar-refractivity contribution in [3.05, 3.63) is 71.0 Å². The molecule has 38 heavy (non-hydrogen) atoms. The summed E-state index contributed by atoms with van der Waals surface area (Å²) < 4.78 is 5.86. The average molecular weight is 540 g/mol. The standard InChI is InChI=1S/C20H22ClN5O2.C7H12N2O/c1-13-16-11-14(5-6-17(16)24-12-23-13)28-19-18(21)15(7-8-22-19)20(27)26(4)10-9-25(2)3;1-2-3-4-7-5-6-9(10)8-7/h5-8,11-12H,9-10H2,1-4H3;5-6,10H,2-4H2,1H3. The number of ether oxygens (including phenoxy) is 1. The number of rotatable bonds is 9. The molecule has 0 spiro atoms. The van der Waals surface area contributed by atoms with Crippen molar-refractivity contribution < 1.29 is 14.7 Å². The van der Waals surface area contributed by atoms with E-state index in [1.165, 1.54) is 12.5 Å². The molecule has 10 nitrogen and oxygen atoms in total. The van der Waals surface area contributed by atoms with E-state index in [0.29, 0.717) is 17.9 Å². The predicted octanol–water partition coefficient (Wildman–Crippen LogP) is 4.88. The first-order valence-corrected chi connectivity index (χ1v) is 12.7. The molecule has 0 saturated heterocycles. The monoisotopic (exact) mass is 539 g/mol. The van der Waals surface area contributed by atoms with Crippen LogP contribution in [0.15, 0.2) is 49.1 Å². The molecule has 202 valence electrons. The number of aromatic nitrogens is 5. The van der Waals surface area contributed by atoms with E-state index in [0.717, 1.165) is 52.9 Å². The van der Waals surface area contributed by atoms with Crippen LogP contribution in [0.1, 0.15) is 41.5 Å². The van der Waals surface area contributed by atoms with Gasteiger partial charge in [0.15, 0.2) is 0 Å². The number of pyridine rings is 1. The van der Waals surface area contributed by atoms with Gasteiger partial charge >= 0.3 is 0 Å². The minimum atomic E-state index is -0.179. The normalized spacial score (nSPS) is 10.8. The Kier molecular flexibility index (Phi) is 10.4. The largest absolute Gasteiger partial charge is 0.437 e. The molecule has 4 aromatic rings. The number of hydrogen-bond acceptors (Lipinski definition) is 8. The summed E-state index contributed by atoms with van der Waals surface area (Å²) >= 11 is 6.44. The molecule has 0 unspecified atom stereocenters. The van der Waals surface area contributed by atoms with Gasteiger partial charge in [-0.3, -0.25) is 4.79 Å². The molecule has 0 aliphatic carbocycles. The third kappa shape index (κ3) is 7.87. The molecule has 1 amide bonds. The second-order valence-electron chi connectivity index (χ2n) is 9.08. The van der Waals surface area contributed by atoms with E-state index in [1.54, 1.807) is 30.3 Å². The van der Waals surface area contributed by atoms with Crippen molar-refractivity contribution >= 4 is 28.4 Å². The Balaban J connectivity index is 0.000000336. The lowest BCUT2D eigenvalue weighted by Gasteiger charge is -2.20. The molecule has 1 aromatic carbocycles. The van der Waals surface area contributed by atoms with Gasteiger partial charge in [-0.1, -0.05) is 24.9 Å². The SMILES string of the molecule is CCCCc1ccn(O)n1.Cc1ncnc2ccc(Oc3nccc(C(=O)N(C)CCN(C)C)c3Cl)cc12. The van der Waals surface area contributed by atoms with Crippen LogP contribution >= 0.6 is 11.6 Å². The van der Waals surface area contributed by atoms with Crippen molar-refractivity contribution in [3.63, 3.8) is 0 Å². The molecule has 4 rings (SSSR count). The number of nitrogens with zero attached hydrogens (tertiary/aromatic N) is 7. The number of carbonyl (C=O) groups excluding carboxylic acids is 1. The van der Waals surface area contributed by atoms with Crippen molar-refractivity contribution in [2.75, 3.05) is 34.2 Å². The maximum absolute atomic E-state index is 12.7. The third-order valence-corrected chi connectivity index (χ3v) is 6.12. The Bertz CT molecular complexity index is 1360. The van der Waals surface area contributed by atoms with Gasteiger partial charge in [-0.2, -0.15) is 0 Å². The molecule has 0 aliphatic heterocycles. The maximum Gasteiger partial charge on any atom is 0.255 e. The first-order chi connectivity index (χ1) is 18.2. The fourth-order valence-electron chi connectivity index (χ4n) is 3.50. The van der Waals surface area contributed by atoms with Crippen molar-refractivity contribution in [2.24, 2.45) is 0 Å². The number of hydrogen-bond donors (Lipinski definition) is 1. The van der Waals surface area contributed by atoms with Crippen LogP contribution < -0.4 is 4.74 Å². The van der Waals surface area contributed by atoms with Crippen LogP contribution in [0.25, 0.3) is 10.9 Å². The Labute approximate surface area is 227 Å². The molecule has 1 N–H and O–H groups in total. The van der Waals surface area contributed by atoms with E-state index in [4.69, 9.17) is 21.5 Å². The highest BCUT2D eigenvalue weighted by Crippen LogP contribution is 2.32. The molecule has 11 heteroatoms. The van der Waals surface area contributed by atoms with E-state index in [2.05, 4.69) is 27.0 Å². The summed E-state index contributed by atoms with van der Waals surface area (Å²) in [5, 5.41) is 13.6. The van der Waals surface area contributed by atoms with Gasteiger partial charge in [0.1, 0.15) is 17.1 Å². The number of benzene rings is 1. The van der Waals surface area contributed by atoms with Crippen molar-refractivity contribution in [3.8, 4) is 11.6 Å². The van der Waals surface area contributed by atoms with Crippen LogP contribution in [-0.2, 0) is 6.42 Å². The topological polar surface area (TPSA) is 110 Å². The second-order valence-corrected chi connectivity index (χ2v) is 9.46. The number of fused-ring (bicyclic) bond motifs is 1. The van der Waals surface area contributed by atoms with E-state index in [-0.39, 0.29) is 16.8 Å². The van der Waals surface area contributed by atoms with Crippen LogP contribution in [-0.4, -0.2) is 80.0 Å². The maximum atomic E-state index is 12.7. The molecule has 3 heterocycles. The average Bonchev–Trinajstić information content (AvgIpc) is 3.32. The van der Waals surface area contributed by atoms with Gasteiger partial charge < -0.3 is 19.7 Å². The first kappa shape index (κ1) is 28.8. The fraction of sp³-hybridized carbons (Fsp3) is 0.370. The Hall–Kier alpha value is -3.76. The van der Waals surface area contributed by atoms with Crippen LogP contribution in [0.2, 0.25) is 5.02 Å². The molecule has 0 fully saturated rings. The molecule has 0 atom stereocenters. The third-order valence-electron chi connectivity index (χ3n) is 5.76. The molecule has 0 saturated carbocycles.